The van der Waals surface area contributed by atoms with Crippen molar-refractivity contribution in [2.24, 2.45) is 11.8 Å². The van der Waals surface area contributed by atoms with Gasteiger partial charge in [0.15, 0.2) is 0 Å². The van der Waals surface area contributed by atoms with Gasteiger partial charge in [-0.15, -0.1) is 0 Å². The van der Waals surface area contributed by atoms with Gasteiger partial charge in [-0.2, -0.15) is 0 Å². The third kappa shape index (κ3) is 2.91. The molecule has 1 aromatic carbocycles. The van der Waals surface area contributed by atoms with Crippen LogP contribution in [0, 0.1) is 11.8 Å². The molecule has 1 saturated carbocycles. The van der Waals surface area contributed by atoms with Gasteiger partial charge in [0.25, 0.3) is 0 Å². The molecule has 3 heteroatoms. The molecule has 1 aliphatic carbocycles. The van der Waals surface area contributed by atoms with Crippen LogP contribution in [0.15, 0.2) is 30.3 Å². The Morgan fingerprint density at radius 3 is 2.72 bits per heavy atom. The van der Waals surface area contributed by atoms with E-state index in [1.54, 1.807) is 6.92 Å². The monoisotopic (exact) mass is 248 g/mol. The van der Waals surface area contributed by atoms with Crippen molar-refractivity contribution in [2.45, 2.75) is 32.3 Å². The van der Waals surface area contributed by atoms with Crippen molar-refractivity contribution in [1.82, 2.24) is 0 Å². The second-order valence-corrected chi connectivity index (χ2v) is 4.88. The lowest BCUT2D eigenvalue weighted by molar-refractivity contribution is -0.151. The Balaban J connectivity index is 1.95. The van der Waals surface area contributed by atoms with Crippen molar-refractivity contribution in [3.05, 3.63) is 35.9 Å². The second-order valence-electron chi connectivity index (χ2n) is 4.88. The highest BCUT2D eigenvalue weighted by Gasteiger charge is 2.39. The van der Waals surface area contributed by atoms with E-state index in [2.05, 4.69) is 12.1 Å². The number of hydrogen-bond donors (Lipinski definition) is 1. The number of aliphatic hydroxyl groups is 1. The fourth-order valence-corrected chi connectivity index (χ4v) is 2.71. The van der Waals surface area contributed by atoms with E-state index in [4.69, 9.17) is 4.74 Å². The lowest BCUT2D eigenvalue weighted by atomic mass is 9.94. The molecule has 0 aliphatic heterocycles. The highest BCUT2D eigenvalue weighted by molar-refractivity contribution is 5.73. The summed E-state index contributed by atoms with van der Waals surface area (Å²) in [6, 6.07) is 10.1. The van der Waals surface area contributed by atoms with Crippen LogP contribution in [0.2, 0.25) is 0 Å². The first kappa shape index (κ1) is 13.1. The second kappa shape index (κ2) is 6.01. The largest absolute Gasteiger partial charge is 0.466 e. The van der Waals surface area contributed by atoms with E-state index in [9.17, 15) is 9.90 Å². The predicted octanol–water partition coefficient (Wildman–Crippen LogP) is 2.18. The summed E-state index contributed by atoms with van der Waals surface area (Å²) in [6.45, 7) is 2.17. The number of esters is 1. The van der Waals surface area contributed by atoms with Crippen LogP contribution < -0.4 is 0 Å². The molecule has 0 spiro atoms. The standard InChI is InChI=1S/C15H20O3/c1-2-18-15(17)13-9-8-12(14(13)16)10-11-6-4-3-5-7-11/h3-7,12-14,16H,2,8-10H2,1H3. The highest BCUT2D eigenvalue weighted by Crippen LogP contribution is 2.34. The van der Waals surface area contributed by atoms with E-state index in [1.165, 1.54) is 5.56 Å². The zero-order chi connectivity index (χ0) is 13.0. The van der Waals surface area contributed by atoms with Crippen LogP contribution in [0.5, 0.6) is 0 Å². The van der Waals surface area contributed by atoms with Gasteiger partial charge in [-0.3, -0.25) is 4.79 Å². The maximum Gasteiger partial charge on any atom is 0.311 e. The molecule has 3 atom stereocenters. The molecule has 0 bridgehead atoms. The van der Waals surface area contributed by atoms with Gasteiger partial charge in [-0.05, 0) is 37.7 Å². The van der Waals surface area contributed by atoms with Crippen molar-refractivity contribution >= 4 is 5.97 Å². The van der Waals surface area contributed by atoms with Gasteiger partial charge in [0.1, 0.15) is 0 Å². The number of ether oxygens (including phenoxy) is 1. The van der Waals surface area contributed by atoms with Crippen molar-refractivity contribution in [2.75, 3.05) is 6.61 Å². The first-order chi connectivity index (χ1) is 8.72. The summed E-state index contributed by atoms with van der Waals surface area (Å²) < 4.78 is 5.00. The normalized spacial score (nSPS) is 27.1. The molecular weight excluding hydrogens is 228 g/mol. The molecule has 0 radical (unpaired) electrons. The van der Waals surface area contributed by atoms with Crippen molar-refractivity contribution in [3.63, 3.8) is 0 Å². The van der Waals surface area contributed by atoms with E-state index in [0.29, 0.717) is 6.61 Å². The third-order valence-corrected chi connectivity index (χ3v) is 3.67. The minimum atomic E-state index is -0.566. The Morgan fingerprint density at radius 2 is 2.06 bits per heavy atom. The molecule has 3 unspecified atom stereocenters. The van der Waals surface area contributed by atoms with Crippen molar-refractivity contribution < 1.29 is 14.6 Å². The lowest BCUT2D eigenvalue weighted by Crippen LogP contribution is -2.29. The number of carbonyl (C=O) groups is 1. The molecule has 0 aromatic heterocycles. The van der Waals surface area contributed by atoms with Gasteiger partial charge in [0.2, 0.25) is 0 Å². The Bertz CT molecular complexity index is 388. The molecule has 0 heterocycles. The van der Waals surface area contributed by atoms with Gasteiger partial charge >= 0.3 is 5.97 Å². The summed E-state index contributed by atoms with van der Waals surface area (Å²) >= 11 is 0. The molecule has 0 amide bonds. The maximum absolute atomic E-state index is 11.7. The first-order valence-electron chi connectivity index (χ1n) is 6.61. The Morgan fingerprint density at radius 1 is 1.33 bits per heavy atom. The van der Waals surface area contributed by atoms with Crippen LogP contribution in [0.25, 0.3) is 0 Å². The van der Waals surface area contributed by atoms with Gasteiger partial charge in [-0.25, -0.2) is 0 Å². The van der Waals surface area contributed by atoms with E-state index in [1.807, 2.05) is 18.2 Å². The number of hydrogen-bond acceptors (Lipinski definition) is 3. The summed E-state index contributed by atoms with van der Waals surface area (Å²) in [6.07, 6.45) is 1.89. The van der Waals surface area contributed by atoms with Gasteiger partial charge in [0.05, 0.1) is 18.6 Å². The average Bonchev–Trinajstić information content (AvgIpc) is 2.73. The molecule has 2 rings (SSSR count). The minimum Gasteiger partial charge on any atom is -0.466 e. The van der Waals surface area contributed by atoms with Gasteiger partial charge in [0, 0.05) is 0 Å². The fourth-order valence-electron chi connectivity index (χ4n) is 2.71. The average molecular weight is 248 g/mol. The van der Waals surface area contributed by atoms with Crippen LogP contribution >= 0.6 is 0 Å². The molecule has 98 valence electrons. The quantitative estimate of drug-likeness (QED) is 0.831. The molecule has 0 saturated heterocycles. The van der Waals surface area contributed by atoms with Crippen LogP contribution in [-0.2, 0) is 16.0 Å². The van der Waals surface area contributed by atoms with E-state index >= 15 is 0 Å². The van der Waals surface area contributed by atoms with Gasteiger partial charge < -0.3 is 9.84 Å². The topological polar surface area (TPSA) is 46.5 Å². The molecule has 1 aromatic rings. The molecule has 3 nitrogen and oxygen atoms in total. The number of carbonyl (C=O) groups excluding carboxylic acids is 1. The molecular formula is C15H20O3. The Labute approximate surface area is 108 Å². The van der Waals surface area contributed by atoms with Crippen molar-refractivity contribution in [3.8, 4) is 0 Å². The predicted molar refractivity (Wildman–Crippen MR) is 69.0 cm³/mol. The van der Waals surface area contributed by atoms with Gasteiger partial charge in [-0.1, -0.05) is 30.3 Å². The number of benzene rings is 1. The SMILES string of the molecule is CCOC(=O)C1CCC(Cc2ccccc2)C1O. The summed E-state index contributed by atoms with van der Waals surface area (Å²) in [5.74, 6) is -0.416. The van der Waals surface area contributed by atoms with E-state index in [-0.39, 0.29) is 17.8 Å². The fraction of sp³-hybridized carbons (Fsp3) is 0.533. The summed E-state index contributed by atoms with van der Waals surface area (Å²) in [5.41, 5.74) is 1.21. The number of aliphatic hydroxyl groups excluding tert-OH is 1. The molecule has 1 N–H and O–H groups in total. The first-order valence-corrected chi connectivity index (χ1v) is 6.61. The lowest BCUT2D eigenvalue weighted by Gasteiger charge is -2.18. The molecule has 18 heavy (non-hydrogen) atoms. The van der Waals surface area contributed by atoms with Crippen LogP contribution in [0.4, 0.5) is 0 Å². The van der Waals surface area contributed by atoms with Crippen LogP contribution in [0.3, 0.4) is 0 Å². The Hall–Kier alpha value is -1.35. The summed E-state index contributed by atoms with van der Waals surface area (Å²) in [7, 11) is 0. The molecule has 1 fully saturated rings. The highest BCUT2D eigenvalue weighted by atomic mass is 16.5. The zero-order valence-corrected chi connectivity index (χ0v) is 10.7. The zero-order valence-electron chi connectivity index (χ0n) is 10.7. The number of rotatable bonds is 4. The smallest absolute Gasteiger partial charge is 0.311 e. The minimum absolute atomic E-state index is 0.168. The third-order valence-electron chi connectivity index (χ3n) is 3.67. The van der Waals surface area contributed by atoms with E-state index < -0.39 is 6.10 Å². The summed E-state index contributed by atoms with van der Waals surface area (Å²) in [4.78, 5) is 11.7. The Kier molecular flexibility index (Phi) is 4.37. The van der Waals surface area contributed by atoms with Crippen molar-refractivity contribution in [1.29, 1.82) is 0 Å². The van der Waals surface area contributed by atoms with Crippen LogP contribution in [0.1, 0.15) is 25.3 Å². The molecule has 1 aliphatic rings. The maximum atomic E-state index is 11.7. The van der Waals surface area contributed by atoms with E-state index in [0.717, 1.165) is 19.3 Å². The van der Waals surface area contributed by atoms with Crippen LogP contribution in [-0.4, -0.2) is 23.8 Å². The summed E-state index contributed by atoms with van der Waals surface area (Å²) in [5, 5.41) is 10.2.